The number of hydrogen-bond acceptors (Lipinski definition) is 4. The second-order valence-electron chi connectivity index (χ2n) is 4.80. The number of fused-ring (bicyclic) bond motifs is 1. The van der Waals surface area contributed by atoms with Crippen LogP contribution in [-0.4, -0.2) is 12.1 Å². The molecule has 4 nitrogen and oxygen atoms in total. The Morgan fingerprint density at radius 3 is 2.52 bits per heavy atom. The number of hydrazine groups is 1. The molecule has 0 radical (unpaired) electrons. The van der Waals surface area contributed by atoms with E-state index in [4.69, 9.17) is 10.6 Å². The van der Waals surface area contributed by atoms with Crippen molar-refractivity contribution in [3.8, 4) is 5.75 Å². The molecular formula is C17H17N3O. The van der Waals surface area contributed by atoms with Gasteiger partial charge in [0.1, 0.15) is 5.75 Å². The summed E-state index contributed by atoms with van der Waals surface area (Å²) in [4.78, 5) is 4.49. The SMILES string of the molecule is COc1ccc(C(NN)c2cccc3cccnc23)cc1. The van der Waals surface area contributed by atoms with Crippen molar-refractivity contribution in [2.75, 3.05) is 7.11 Å². The van der Waals surface area contributed by atoms with Crippen molar-refractivity contribution in [1.82, 2.24) is 10.4 Å². The zero-order valence-electron chi connectivity index (χ0n) is 11.8. The van der Waals surface area contributed by atoms with E-state index in [9.17, 15) is 0 Å². The predicted molar refractivity (Wildman–Crippen MR) is 83.9 cm³/mol. The Morgan fingerprint density at radius 1 is 1.05 bits per heavy atom. The lowest BCUT2D eigenvalue weighted by Gasteiger charge is -2.18. The largest absolute Gasteiger partial charge is 0.497 e. The fourth-order valence-corrected chi connectivity index (χ4v) is 2.52. The van der Waals surface area contributed by atoms with E-state index in [0.717, 1.165) is 27.8 Å². The molecule has 1 heterocycles. The zero-order chi connectivity index (χ0) is 14.7. The Bertz CT molecular complexity index is 735. The van der Waals surface area contributed by atoms with E-state index in [1.165, 1.54) is 0 Å². The fourth-order valence-electron chi connectivity index (χ4n) is 2.52. The molecule has 0 amide bonds. The zero-order valence-corrected chi connectivity index (χ0v) is 11.8. The molecular weight excluding hydrogens is 262 g/mol. The quantitative estimate of drug-likeness (QED) is 0.569. The maximum atomic E-state index is 5.79. The number of methoxy groups -OCH3 is 1. The highest BCUT2D eigenvalue weighted by Crippen LogP contribution is 2.28. The molecule has 1 unspecified atom stereocenters. The molecule has 0 aliphatic rings. The molecule has 0 spiro atoms. The molecule has 0 saturated carbocycles. The van der Waals surface area contributed by atoms with Gasteiger partial charge >= 0.3 is 0 Å². The number of pyridine rings is 1. The lowest BCUT2D eigenvalue weighted by atomic mass is 9.97. The molecule has 3 rings (SSSR count). The molecule has 0 aliphatic heterocycles. The highest BCUT2D eigenvalue weighted by Gasteiger charge is 2.15. The minimum absolute atomic E-state index is 0.116. The van der Waals surface area contributed by atoms with Gasteiger partial charge in [-0.1, -0.05) is 36.4 Å². The number of hydrogen-bond donors (Lipinski definition) is 2. The average Bonchev–Trinajstić information content (AvgIpc) is 2.56. The van der Waals surface area contributed by atoms with Crippen LogP contribution < -0.4 is 16.0 Å². The molecule has 0 saturated heterocycles. The summed E-state index contributed by atoms with van der Waals surface area (Å²) in [5.74, 6) is 6.61. The maximum absolute atomic E-state index is 5.79. The van der Waals surface area contributed by atoms with Crippen LogP contribution in [0.3, 0.4) is 0 Å². The smallest absolute Gasteiger partial charge is 0.118 e. The van der Waals surface area contributed by atoms with E-state index >= 15 is 0 Å². The van der Waals surface area contributed by atoms with Gasteiger partial charge in [0.2, 0.25) is 0 Å². The van der Waals surface area contributed by atoms with Crippen molar-refractivity contribution in [2.24, 2.45) is 5.84 Å². The van der Waals surface area contributed by atoms with Crippen LogP contribution in [-0.2, 0) is 0 Å². The van der Waals surface area contributed by atoms with Crippen LogP contribution in [0.15, 0.2) is 60.8 Å². The molecule has 1 atom stereocenters. The first-order valence-electron chi connectivity index (χ1n) is 6.77. The number of ether oxygens (including phenoxy) is 1. The number of nitrogens with two attached hydrogens (primary N) is 1. The highest BCUT2D eigenvalue weighted by atomic mass is 16.5. The van der Waals surface area contributed by atoms with Gasteiger partial charge in [-0.25, -0.2) is 5.43 Å². The number of aromatic nitrogens is 1. The van der Waals surface area contributed by atoms with E-state index in [0.29, 0.717) is 0 Å². The number of rotatable bonds is 4. The Kier molecular flexibility index (Phi) is 3.81. The lowest BCUT2D eigenvalue weighted by Crippen LogP contribution is -2.29. The maximum Gasteiger partial charge on any atom is 0.118 e. The van der Waals surface area contributed by atoms with Gasteiger partial charge in [0.25, 0.3) is 0 Å². The van der Waals surface area contributed by atoms with Crippen molar-refractivity contribution in [3.63, 3.8) is 0 Å². The first-order valence-corrected chi connectivity index (χ1v) is 6.77. The Hall–Kier alpha value is -2.43. The predicted octanol–water partition coefficient (Wildman–Crippen LogP) is 2.80. The summed E-state index contributed by atoms with van der Waals surface area (Å²) in [5, 5.41) is 1.10. The van der Waals surface area contributed by atoms with E-state index in [2.05, 4.69) is 10.4 Å². The van der Waals surface area contributed by atoms with Gasteiger partial charge in [-0.2, -0.15) is 0 Å². The topological polar surface area (TPSA) is 60.2 Å². The van der Waals surface area contributed by atoms with E-state index in [-0.39, 0.29) is 6.04 Å². The molecule has 1 aromatic heterocycles. The van der Waals surface area contributed by atoms with E-state index in [1.54, 1.807) is 13.3 Å². The standard InChI is InChI=1S/C17H17N3O/c1-21-14-9-7-13(8-10-14)17(20-18)15-6-2-4-12-5-3-11-19-16(12)15/h2-11,17,20H,18H2,1H3. The van der Waals surface area contributed by atoms with Crippen LogP contribution in [0, 0.1) is 0 Å². The van der Waals surface area contributed by atoms with Crippen molar-refractivity contribution in [1.29, 1.82) is 0 Å². The van der Waals surface area contributed by atoms with Crippen molar-refractivity contribution >= 4 is 10.9 Å². The van der Waals surface area contributed by atoms with Gasteiger partial charge in [-0.05, 0) is 23.8 Å². The average molecular weight is 279 g/mol. The number of para-hydroxylation sites is 1. The van der Waals surface area contributed by atoms with Gasteiger partial charge < -0.3 is 4.74 Å². The highest BCUT2D eigenvalue weighted by molar-refractivity contribution is 5.82. The van der Waals surface area contributed by atoms with Gasteiger partial charge in [0.05, 0.1) is 18.7 Å². The summed E-state index contributed by atoms with van der Waals surface area (Å²) < 4.78 is 5.19. The molecule has 21 heavy (non-hydrogen) atoms. The van der Waals surface area contributed by atoms with Gasteiger partial charge in [-0.15, -0.1) is 0 Å². The van der Waals surface area contributed by atoms with Crippen molar-refractivity contribution in [3.05, 3.63) is 71.9 Å². The molecule has 3 N–H and O–H groups in total. The minimum Gasteiger partial charge on any atom is -0.497 e. The molecule has 2 aromatic carbocycles. The summed E-state index contributed by atoms with van der Waals surface area (Å²) in [6.07, 6.45) is 1.80. The number of benzene rings is 2. The molecule has 4 heteroatoms. The van der Waals surface area contributed by atoms with Gasteiger partial charge in [0.15, 0.2) is 0 Å². The van der Waals surface area contributed by atoms with E-state index < -0.39 is 0 Å². The molecule has 3 aromatic rings. The van der Waals surface area contributed by atoms with Gasteiger partial charge in [-0.3, -0.25) is 10.8 Å². The minimum atomic E-state index is -0.116. The van der Waals surface area contributed by atoms with Crippen LogP contribution in [0.1, 0.15) is 17.2 Å². The van der Waals surface area contributed by atoms with Crippen LogP contribution >= 0.6 is 0 Å². The summed E-state index contributed by atoms with van der Waals surface area (Å²) in [6.45, 7) is 0. The Morgan fingerprint density at radius 2 is 1.81 bits per heavy atom. The summed E-state index contributed by atoms with van der Waals surface area (Å²) >= 11 is 0. The number of nitrogens with one attached hydrogen (secondary N) is 1. The Labute approximate surface area is 123 Å². The fraction of sp³-hybridized carbons (Fsp3) is 0.118. The third-order valence-electron chi connectivity index (χ3n) is 3.59. The Balaban J connectivity index is 2.09. The van der Waals surface area contributed by atoms with Crippen LogP contribution in [0.2, 0.25) is 0 Å². The molecule has 106 valence electrons. The summed E-state index contributed by atoms with van der Waals surface area (Å²) in [5.41, 5.74) is 5.96. The number of nitrogens with zero attached hydrogens (tertiary/aromatic N) is 1. The second-order valence-corrected chi connectivity index (χ2v) is 4.80. The van der Waals surface area contributed by atoms with Crippen molar-refractivity contribution in [2.45, 2.75) is 6.04 Å². The first-order chi connectivity index (χ1) is 10.3. The third-order valence-corrected chi connectivity index (χ3v) is 3.59. The van der Waals surface area contributed by atoms with E-state index in [1.807, 2.05) is 54.6 Å². The normalized spacial score (nSPS) is 12.3. The molecule has 0 aliphatic carbocycles. The lowest BCUT2D eigenvalue weighted by molar-refractivity contribution is 0.414. The van der Waals surface area contributed by atoms with Crippen molar-refractivity contribution < 1.29 is 4.74 Å². The van der Waals surface area contributed by atoms with Gasteiger partial charge in [0, 0.05) is 17.1 Å². The van der Waals surface area contributed by atoms with Crippen LogP contribution in [0.25, 0.3) is 10.9 Å². The molecule has 0 bridgehead atoms. The second kappa shape index (κ2) is 5.91. The van der Waals surface area contributed by atoms with Crippen LogP contribution in [0.5, 0.6) is 5.75 Å². The summed E-state index contributed by atoms with van der Waals surface area (Å²) in [7, 11) is 1.66. The monoisotopic (exact) mass is 279 g/mol. The summed E-state index contributed by atoms with van der Waals surface area (Å²) in [6, 6.07) is 17.9. The first kappa shape index (κ1) is 13.5. The van der Waals surface area contributed by atoms with Crippen LogP contribution in [0.4, 0.5) is 0 Å². The third kappa shape index (κ3) is 2.59. The molecule has 0 fully saturated rings.